The molecule has 132 valence electrons. The topological polar surface area (TPSA) is 64.2 Å². The third-order valence-corrected chi connectivity index (χ3v) is 4.64. The van der Waals surface area contributed by atoms with Gasteiger partial charge in [-0.05, 0) is 37.3 Å². The maximum atomic E-state index is 12.7. The fourth-order valence-corrected chi connectivity index (χ4v) is 3.58. The fourth-order valence-electron chi connectivity index (χ4n) is 3.05. The van der Waals surface area contributed by atoms with E-state index in [2.05, 4.69) is 15.5 Å². The fraction of sp³-hybridized carbons (Fsp3) is 0.167. The van der Waals surface area contributed by atoms with E-state index in [1.54, 1.807) is 22.8 Å². The lowest BCUT2D eigenvalue weighted by Gasteiger charge is -2.10. The summed E-state index contributed by atoms with van der Waals surface area (Å²) in [5, 5.41) is 13.5. The van der Waals surface area contributed by atoms with Crippen molar-refractivity contribution in [2.75, 3.05) is 5.32 Å². The van der Waals surface area contributed by atoms with Crippen LogP contribution in [0.2, 0.25) is 10.0 Å². The Morgan fingerprint density at radius 1 is 1.08 bits per heavy atom. The van der Waals surface area contributed by atoms with Gasteiger partial charge in [0.2, 0.25) is 5.78 Å². The van der Waals surface area contributed by atoms with E-state index < -0.39 is 0 Å². The van der Waals surface area contributed by atoms with Crippen molar-refractivity contribution < 1.29 is 0 Å². The SMILES string of the molecule is CCn1c(=O)c2ccccc2n2c(CNc3cc(Cl)cc(Cl)c3)nnc12. The largest absolute Gasteiger partial charge is 0.378 e. The molecule has 0 aliphatic heterocycles. The summed E-state index contributed by atoms with van der Waals surface area (Å²) in [5.41, 5.74) is 1.50. The van der Waals surface area contributed by atoms with Gasteiger partial charge in [0.05, 0.1) is 17.4 Å². The first kappa shape index (κ1) is 16.9. The smallest absolute Gasteiger partial charge is 0.262 e. The molecule has 2 heterocycles. The van der Waals surface area contributed by atoms with E-state index in [1.807, 2.05) is 35.6 Å². The number of aryl methyl sites for hydroxylation is 1. The molecule has 4 aromatic rings. The first-order valence-corrected chi connectivity index (χ1v) is 8.89. The van der Waals surface area contributed by atoms with E-state index in [0.717, 1.165) is 11.2 Å². The van der Waals surface area contributed by atoms with Crippen LogP contribution in [-0.4, -0.2) is 19.2 Å². The highest BCUT2D eigenvalue weighted by molar-refractivity contribution is 6.35. The van der Waals surface area contributed by atoms with Gasteiger partial charge in [-0.2, -0.15) is 0 Å². The Kier molecular flexibility index (Phi) is 4.30. The maximum absolute atomic E-state index is 12.7. The number of para-hydroxylation sites is 1. The number of benzene rings is 2. The van der Waals surface area contributed by atoms with Crippen LogP contribution in [0.15, 0.2) is 47.3 Å². The molecule has 0 aliphatic rings. The van der Waals surface area contributed by atoms with Gasteiger partial charge in [-0.1, -0.05) is 35.3 Å². The molecule has 8 heteroatoms. The van der Waals surface area contributed by atoms with Crippen molar-refractivity contribution >= 4 is 45.6 Å². The number of aromatic nitrogens is 4. The minimum absolute atomic E-state index is 0.0656. The third-order valence-electron chi connectivity index (χ3n) is 4.20. The average Bonchev–Trinajstić information content (AvgIpc) is 3.04. The molecule has 0 saturated carbocycles. The molecule has 0 spiro atoms. The highest BCUT2D eigenvalue weighted by Gasteiger charge is 2.15. The van der Waals surface area contributed by atoms with Crippen molar-refractivity contribution in [3.05, 3.63) is 68.7 Å². The zero-order chi connectivity index (χ0) is 18.3. The molecule has 0 bridgehead atoms. The molecule has 1 N–H and O–H groups in total. The Morgan fingerprint density at radius 3 is 2.54 bits per heavy atom. The van der Waals surface area contributed by atoms with E-state index in [1.165, 1.54) is 0 Å². The standard InChI is InChI=1S/C18H15Cl2N5O/c1-2-24-17(26)14-5-3-4-6-15(14)25-16(22-23-18(24)25)10-21-13-8-11(19)7-12(20)9-13/h3-9,21H,2,10H2,1H3. The summed E-state index contributed by atoms with van der Waals surface area (Å²) in [6, 6.07) is 12.7. The summed E-state index contributed by atoms with van der Waals surface area (Å²) in [7, 11) is 0. The van der Waals surface area contributed by atoms with Gasteiger partial charge in [-0.3, -0.25) is 13.8 Å². The summed E-state index contributed by atoms with van der Waals surface area (Å²) in [6.45, 7) is 2.84. The van der Waals surface area contributed by atoms with E-state index in [-0.39, 0.29) is 5.56 Å². The second kappa shape index (κ2) is 6.63. The molecule has 2 aromatic carbocycles. The summed E-state index contributed by atoms with van der Waals surface area (Å²) in [5.74, 6) is 1.21. The van der Waals surface area contributed by atoms with Gasteiger partial charge >= 0.3 is 0 Å². The molecule has 0 atom stereocenters. The van der Waals surface area contributed by atoms with E-state index in [0.29, 0.717) is 40.1 Å². The van der Waals surface area contributed by atoms with Gasteiger partial charge in [-0.15, -0.1) is 10.2 Å². The van der Waals surface area contributed by atoms with Crippen LogP contribution in [0.1, 0.15) is 12.7 Å². The Bertz CT molecular complexity index is 1160. The first-order valence-electron chi connectivity index (χ1n) is 8.14. The van der Waals surface area contributed by atoms with E-state index in [9.17, 15) is 4.79 Å². The number of fused-ring (bicyclic) bond motifs is 3. The Hall–Kier alpha value is -2.57. The highest BCUT2D eigenvalue weighted by atomic mass is 35.5. The van der Waals surface area contributed by atoms with Crippen LogP contribution >= 0.6 is 23.2 Å². The van der Waals surface area contributed by atoms with E-state index >= 15 is 0 Å². The summed E-state index contributed by atoms with van der Waals surface area (Å²) >= 11 is 12.1. The monoisotopic (exact) mass is 387 g/mol. The molecule has 26 heavy (non-hydrogen) atoms. The van der Waals surface area contributed by atoms with Crippen LogP contribution in [0.3, 0.4) is 0 Å². The van der Waals surface area contributed by atoms with Crippen LogP contribution < -0.4 is 10.9 Å². The van der Waals surface area contributed by atoms with Crippen LogP contribution in [0.25, 0.3) is 16.7 Å². The van der Waals surface area contributed by atoms with Gasteiger partial charge in [0, 0.05) is 22.3 Å². The molecule has 0 aliphatic carbocycles. The molecule has 0 amide bonds. The van der Waals surface area contributed by atoms with Crippen LogP contribution in [0, 0.1) is 0 Å². The molecule has 0 fully saturated rings. The number of halogens is 2. The molecule has 6 nitrogen and oxygen atoms in total. The number of nitrogens with zero attached hydrogens (tertiary/aromatic N) is 4. The Labute approximate surface area is 159 Å². The Balaban J connectivity index is 1.83. The normalized spacial score (nSPS) is 11.3. The third kappa shape index (κ3) is 2.81. The lowest BCUT2D eigenvalue weighted by molar-refractivity contribution is 0.734. The minimum Gasteiger partial charge on any atom is -0.378 e. The number of nitrogens with one attached hydrogen (secondary N) is 1. The molecule has 0 unspecified atom stereocenters. The number of rotatable bonds is 4. The zero-order valence-electron chi connectivity index (χ0n) is 13.9. The van der Waals surface area contributed by atoms with Crippen LogP contribution in [0.4, 0.5) is 5.69 Å². The Morgan fingerprint density at radius 2 is 1.81 bits per heavy atom. The molecular weight excluding hydrogens is 373 g/mol. The van der Waals surface area contributed by atoms with Crippen molar-refractivity contribution in [1.82, 2.24) is 19.2 Å². The lowest BCUT2D eigenvalue weighted by Crippen LogP contribution is -2.22. The molecule has 0 radical (unpaired) electrons. The molecule has 0 saturated heterocycles. The van der Waals surface area contributed by atoms with Crippen molar-refractivity contribution in [2.24, 2.45) is 0 Å². The van der Waals surface area contributed by atoms with Crippen molar-refractivity contribution in [3.8, 4) is 0 Å². The van der Waals surface area contributed by atoms with E-state index in [4.69, 9.17) is 23.2 Å². The first-order chi connectivity index (χ1) is 12.6. The molecular formula is C18H15Cl2N5O. The van der Waals surface area contributed by atoms with Crippen molar-refractivity contribution in [2.45, 2.75) is 20.0 Å². The van der Waals surface area contributed by atoms with Gasteiger partial charge in [0.1, 0.15) is 0 Å². The average molecular weight is 388 g/mol. The quantitative estimate of drug-likeness (QED) is 0.574. The highest BCUT2D eigenvalue weighted by Crippen LogP contribution is 2.23. The van der Waals surface area contributed by atoms with Crippen LogP contribution in [0.5, 0.6) is 0 Å². The van der Waals surface area contributed by atoms with Crippen molar-refractivity contribution in [1.29, 1.82) is 0 Å². The zero-order valence-corrected chi connectivity index (χ0v) is 15.4. The molecule has 2 aromatic heterocycles. The second-order valence-electron chi connectivity index (χ2n) is 5.83. The molecule has 4 rings (SSSR count). The van der Waals surface area contributed by atoms with Crippen molar-refractivity contribution in [3.63, 3.8) is 0 Å². The van der Waals surface area contributed by atoms with Gasteiger partial charge < -0.3 is 5.32 Å². The summed E-state index contributed by atoms with van der Waals surface area (Å²) in [6.07, 6.45) is 0. The minimum atomic E-state index is -0.0656. The maximum Gasteiger partial charge on any atom is 0.262 e. The number of anilines is 1. The number of hydrogen-bond donors (Lipinski definition) is 1. The summed E-state index contributed by atoms with van der Waals surface area (Å²) in [4.78, 5) is 12.7. The number of hydrogen-bond acceptors (Lipinski definition) is 4. The lowest BCUT2D eigenvalue weighted by atomic mass is 10.2. The predicted octanol–water partition coefficient (Wildman–Crippen LogP) is 3.98. The van der Waals surface area contributed by atoms with Crippen LogP contribution in [-0.2, 0) is 13.1 Å². The predicted molar refractivity (Wildman–Crippen MR) is 104 cm³/mol. The van der Waals surface area contributed by atoms with Gasteiger partial charge in [0.25, 0.3) is 5.56 Å². The summed E-state index contributed by atoms with van der Waals surface area (Å²) < 4.78 is 3.52. The second-order valence-corrected chi connectivity index (χ2v) is 6.70. The van der Waals surface area contributed by atoms with Gasteiger partial charge in [0.15, 0.2) is 5.82 Å². The van der Waals surface area contributed by atoms with Gasteiger partial charge in [-0.25, -0.2) is 0 Å².